The highest BCUT2D eigenvalue weighted by atomic mass is 35.5. The van der Waals surface area contributed by atoms with Gasteiger partial charge in [0.15, 0.2) is 0 Å². The zero-order chi connectivity index (χ0) is 12.8. The van der Waals surface area contributed by atoms with Gasteiger partial charge in [-0.05, 0) is 30.7 Å². The number of benzene rings is 1. The van der Waals surface area contributed by atoms with Crippen LogP contribution < -0.4 is 0 Å². The summed E-state index contributed by atoms with van der Waals surface area (Å²) < 4.78 is 4.69. The van der Waals surface area contributed by atoms with Gasteiger partial charge in [0.1, 0.15) is 5.03 Å². The van der Waals surface area contributed by atoms with Crippen molar-refractivity contribution >= 4 is 29.3 Å². The molecule has 17 heavy (non-hydrogen) atoms. The van der Waals surface area contributed by atoms with Gasteiger partial charge in [-0.1, -0.05) is 11.6 Å². The number of carbonyl (C=O) groups is 1. The quantitative estimate of drug-likeness (QED) is 0.359. The van der Waals surface area contributed by atoms with Crippen LogP contribution in [-0.4, -0.2) is 17.5 Å². The molecule has 0 N–H and O–H groups in total. The van der Waals surface area contributed by atoms with Crippen molar-refractivity contribution < 1.29 is 14.5 Å². The molecule has 0 atom stereocenters. The zero-order valence-corrected chi connectivity index (χ0v) is 9.81. The molecular formula is C11H10ClNO4. The van der Waals surface area contributed by atoms with Gasteiger partial charge >= 0.3 is 5.97 Å². The molecule has 0 bridgehead atoms. The molecule has 0 spiro atoms. The summed E-state index contributed by atoms with van der Waals surface area (Å²) in [4.78, 5) is 21.1. The molecule has 0 aliphatic heterocycles. The summed E-state index contributed by atoms with van der Waals surface area (Å²) in [5.74, 6) is -0.618. The summed E-state index contributed by atoms with van der Waals surface area (Å²) in [7, 11) is 0. The largest absolute Gasteiger partial charge is 0.462 e. The van der Waals surface area contributed by atoms with E-state index in [1.54, 1.807) is 6.92 Å². The van der Waals surface area contributed by atoms with Crippen molar-refractivity contribution in [1.29, 1.82) is 0 Å². The molecule has 0 aliphatic rings. The van der Waals surface area contributed by atoms with Crippen molar-refractivity contribution in [2.45, 2.75) is 6.92 Å². The highest BCUT2D eigenvalue weighted by Crippen LogP contribution is 2.16. The smallest absolute Gasteiger partial charge is 0.349 e. The van der Waals surface area contributed by atoms with Crippen LogP contribution in [0.1, 0.15) is 12.5 Å². The van der Waals surface area contributed by atoms with Crippen LogP contribution in [0.4, 0.5) is 5.69 Å². The summed E-state index contributed by atoms with van der Waals surface area (Å²) in [5, 5.41) is 10.3. The van der Waals surface area contributed by atoms with Crippen molar-refractivity contribution in [3.8, 4) is 0 Å². The lowest BCUT2D eigenvalue weighted by molar-refractivity contribution is -0.384. The Bertz CT molecular complexity index is 453. The third kappa shape index (κ3) is 3.88. The molecule has 0 saturated carbocycles. The van der Waals surface area contributed by atoms with Gasteiger partial charge in [0.2, 0.25) is 0 Å². The second kappa shape index (κ2) is 6.00. The predicted molar refractivity (Wildman–Crippen MR) is 63.6 cm³/mol. The molecule has 0 unspecified atom stereocenters. The lowest BCUT2D eigenvalue weighted by Gasteiger charge is -1.99. The average Bonchev–Trinajstić information content (AvgIpc) is 2.30. The molecule has 0 saturated heterocycles. The van der Waals surface area contributed by atoms with E-state index < -0.39 is 10.9 Å². The number of nitro benzene ring substituents is 1. The average molecular weight is 256 g/mol. The SMILES string of the molecule is CCOC(=O)/C(Cl)=C/c1ccc([N+](=O)[O-])cc1. The molecule has 1 aromatic rings. The van der Waals surface area contributed by atoms with Gasteiger partial charge in [-0.15, -0.1) is 0 Å². The molecule has 5 nitrogen and oxygen atoms in total. The maximum absolute atomic E-state index is 11.2. The van der Waals surface area contributed by atoms with Crippen LogP contribution in [0.3, 0.4) is 0 Å². The molecule has 0 aliphatic carbocycles. The van der Waals surface area contributed by atoms with Crippen LogP contribution in [0.5, 0.6) is 0 Å². The fourth-order valence-electron chi connectivity index (χ4n) is 1.10. The van der Waals surface area contributed by atoms with E-state index >= 15 is 0 Å². The number of hydrogen-bond donors (Lipinski definition) is 0. The highest BCUT2D eigenvalue weighted by Gasteiger charge is 2.08. The first kappa shape index (κ1) is 13.2. The summed E-state index contributed by atoms with van der Waals surface area (Å²) >= 11 is 5.70. The summed E-state index contributed by atoms with van der Waals surface area (Å²) in [6, 6.07) is 5.67. The minimum absolute atomic E-state index is 0.0191. The van der Waals surface area contributed by atoms with E-state index in [1.165, 1.54) is 30.3 Å². The minimum atomic E-state index is -0.618. The maximum Gasteiger partial charge on any atom is 0.349 e. The number of nitro groups is 1. The second-order valence-corrected chi connectivity index (χ2v) is 3.47. The van der Waals surface area contributed by atoms with Gasteiger partial charge in [-0.3, -0.25) is 10.1 Å². The molecule has 0 radical (unpaired) electrons. The minimum Gasteiger partial charge on any atom is -0.462 e. The Hall–Kier alpha value is -1.88. The normalized spacial score (nSPS) is 11.1. The van der Waals surface area contributed by atoms with Gasteiger partial charge in [0.25, 0.3) is 5.69 Å². The Balaban J connectivity index is 2.84. The number of esters is 1. The third-order valence-corrected chi connectivity index (χ3v) is 2.13. The van der Waals surface area contributed by atoms with Gasteiger partial charge < -0.3 is 4.74 Å². The first-order valence-corrected chi connectivity index (χ1v) is 5.21. The van der Waals surface area contributed by atoms with Gasteiger partial charge in [0.05, 0.1) is 11.5 Å². The Morgan fingerprint density at radius 3 is 2.53 bits per heavy atom. The van der Waals surface area contributed by atoms with Crippen LogP contribution in [0.2, 0.25) is 0 Å². The Morgan fingerprint density at radius 1 is 1.47 bits per heavy atom. The molecule has 6 heteroatoms. The van der Waals surface area contributed by atoms with Crippen LogP contribution in [-0.2, 0) is 9.53 Å². The molecule has 0 fully saturated rings. The predicted octanol–water partition coefficient (Wildman–Crippen LogP) is 2.74. The van der Waals surface area contributed by atoms with E-state index in [9.17, 15) is 14.9 Å². The number of rotatable bonds is 4. The zero-order valence-electron chi connectivity index (χ0n) is 9.05. The van der Waals surface area contributed by atoms with Gasteiger partial charge in [-0.25, -0.2) is 4.79 Å². The first-order chi connectivity index (χ1) is 8.04. The van der Waals surface area contributed by atoms with Crippen LogP contribution >= 0.6 is 11.6 Å². The molecule has 0 aromatic heterocycles. The van der Waals surface area contributed by atoms with E-state index in [0.717, 1.165) is 0 Å². The van der Waals surface area contributed by atoms with Crippen molar-refractivity contribution in [3.05, 3.63) is 45.0 Å². The number of ether oxygens (including phenoxy) is 1. The lowest BCUT2D eigenvalue weighted by Crippen LogP contribution is -2.03. The molecule has 0 heterocycles. The molecule has 1 aromatic carbocycles. The fourth-order valence-corrected chi connectivity index (χ4v) is 1.28. The maximum atomic E-state index is 11.2. The van der Waals surface area contributed by atoms with E-state index in [-0.39, 0.29) is 17.3 Å². The van der Waals surface area contributed by atoms with Crippen LogP contribution in [0.25, 0.3) is 6.08 Å². The molecule has 90 valence electrons. The number of nitrogens with zero attached hydrogens (tertiary/aromatic N) is 1. The first-order valence-electron chi connectivity index (χ1n) is 4.83. The standard InChI is InChI=1S/C11H10ClNO4/c1-2-17-11(14)10(12)7-8-3-5-9(6-4-8)13(15)16/h3-7H,2H2,1H3/b10-7-. The van der Waals surface area contributed by atoms with Gasteiger partial charge in [0, 0.05) is 12.1 Å². The molecule has 1 rings (SSSR count). The second-order valence-electron chi connectivity index (χ2n) is 3.06. The summed E-state index contributed by atoms with van der Waals surface area (Å²) in [5.41, 5.74) is 0.572. The fraction of sp³-hybridized carbons (Fsp3) is 0.182. The summed E-state index contributed by atoms with van der Waals surface area (Å²) in [6.07, 6.45) is 1.39. The number of non-ortho nitro benzene ring substituents is 1. The van der Waals surface area contributed by atoms with Crippen LogP contribution in [0.15, 0.2) is 29.3 Å². The van der Waals surface area contributed by atoms with Crippen molar-refractivity contribution in [1.82, 2.24) is 0 Å². The number of halogens is 1. The Morgan fingerprint density at radius 2 is 2.06 bits per heavy atom. The van der Waals surface area contributed by atoms with Crippen molar-refractivity contribution in [3.63, 3.8) is 0 Å². The summed E-state index contributed by atoms with van der Waals surface area (Å²) in [6.45, 7) is 1.91. The van der Waals surface area contributed by atoms with Crippen LogP contribution in [0, 0.1) is 10.1 Å². The topological polar surface area (TPSA) is 69.4 Å². The third-order valence-electron chi connectivity index (χ3n) is 1.87. The molecule has 0 amide bonds. The Labute approximate surface area is 103 Å². The van der Waals surface area contributed by atoms with E-state index in [4.69, 9.17) is 16.3 Å². The Kier molecular flexibility index (Phi) is 4.66. The lowest BCUT2D eigenvalue weighted by atomic mass is 10.2. The monoisotopic (exact) mass is 255 g/mol. The highest BCUT2D eigenvalue weighted by molar-refractivity contribution is 6.43. The molecular weight excluding hydrogens is 246 g/mol. The van der Waals surface area contributed by atoms with E-state index in [0.29, 0.717) is 5.56 Å². The number of hydrogen-bond acceptors (Lipinski definition) is 4. The van der Waals surface area contributed by atoms with Crippen molar-refractivity contribution in [2.24, 2.45) is 0 Å². The number of carbonyl (C=O) groups excluding carboxylic acids is 1. The van der Waals surface area contributed by atoms with E-state index in [2.05, 4.69) is 0 Å². The van der Waals surface area contributed by atoms with Crippen molar-refractivity contribution in [2.75, 3.05) is 6.61 Å². The van der Waals surface area contributed by atoms with E-state index in [1.807, 2.05) is 0 Å². The van der Waals surface area contributed by atoms with Gasteiger partial charge in [-0.2, -0.15) is 0 Å².